The van der Waals surface area contributed by atoms with Crippen molar-refractivity contribution in [1.82, 2.24) is 20.0 Å². The first kappa shape index (κ1) is 14.3. The molecule has 1 unspecified atom stereocenters. The number of benzene rings is 1. The van der Waals surface area contributed by atoms with Gasteiger partial charge in [0, 0.05) is 11.2 Å². The summed E-state index contributed by atoms with van der Waals surface area (Å²) in [6.45, 7) is 5.83. The van der Waals surface area contributed by atoms with Gasteiger partial charge < -0.3 is 14.4 Å². The van der Waals surface area contributed by atoms with E-state index in [2.05, 4.69) is 21.5 Å². The van der Waals surface area contributed by atoms with Crippen LogP contribution in [0.1, 0.15) is 30.4 Å². The van der Waals surface area contributed by atoms with Gasteiger partial charge in [0.25, 0.3) is 0 Å². The summed E-state index contributed by atoms with van der Waals surface area (Å²) in [6.07, 6.45) is 0. The minimum absolute atomic E-state index is 0.0900. The number of rotatable bonds is 4. The van der Waals surface area contributed by atoms with Crippen LogP contribution < -0.4 is 5.32 Å². The second kappa shape index (κ2) is 5.63. The van der Waals surface area contributed by atoms with Crippen molar-refractivity contribution in [3.63, 3.8) is 0 Å². The highest BCUT2D eigenvalue weighted by Gasteiger charge is 2.16. The van der Waals surface area contributed by atoms with Crippen LogP contribution in [0, 0.1) is 13.8 Å². The van der Waals surface area contributed by atoms with E-state index in [-0.39, 0.29) is 18.5 Å². The van der Waals surface area contributed by atoms with E-state index < -0.39 is 0 Å². The van der Waals surface area contributed by atoms with Crippen LogP contribution in [0.2, 0.25) is 0 Å². The molecule has 1 N–H and O–H groups in total. The fourth-order valence-corrected chi connectivity index (χ4v) is 2.54. The molecular weight excluding hydrogens is 280 g/mol. The second-order valence-corrected chi connectivity index (χ2v) is 5.40. The summed E-state index contributed by atoms with van der Waals surface area (Å²) in [7, 11) is 0. The van der Waals surface area contributed by atoms with Crippen molar-refractivity contribution in [3.8, 4) is 0 Å². The summed E-state index contributed by atoms with van der Waals surface area (Å²) in [5.41, 5.74) is 2.11. The summed E-state index contributed by atoms with van der Waals surface area (Å²) in [4.78, 5) is 16.4. The molecule has 0 saturated heterocycles. The van der Waals surface area contributed by atoms with E-state index in [0.717, 1.165) is 16.6 Å². The number of para-hydroxylation sites is 1. The van der Waals surface area contributed by atoms with Crippen molar-refractivity contribution < 1.29 is 9.32 Å². The van der Waals surface area contributed by atoms with Gasteiger partial charge in [0.2, 0.25) is 11.8 Å². The molecule has 3 rings (SSSR count). The number of hydrogen-bond donors (Lipinski definition) is 1. The van der Waals surface area contributed by atoms with Crippen LogP contribution >= 0.6 is 0 Å². The van der Waals surface area contributed by atoms with Crippen LogP contribution in [0.25, 0.3) is 10.9 Å². The molecule has 22 heavy (non-hydrogen) atoms. The average Bonchev–Trinajstić information content (AvgIpc) is 3.04. The molecule has 114 valence electrons. The Balaban J connectivity index is 1.74. The van der Waals surface area contributed by atoms with E-state index >= 15 is 0 Å². The zero-order valence-electron chi connectivity index (χ0n) is 12.8. The Morgan fingerprint density at radius 3 is 2.86 bits per heavy atom. The molecule has 0 fully saturated rings. The summed E-state index contributed by atoms with van der Waals surface area (Å²) < 4.78 is 7.07. The Bertz CT molecular complexity index is 819. The highest BCUT2D eigenvalue weighted by molar-refractivity contribution is 5.84. The number of carbonyl (C=O) groups excluding carboxylic acids is 1. The molecule has 6 nitrogen and oxygen atoms in total. The van der Waals surface area contributed by atoms with E-state index in [0.29, 0.717) is 11.7 Å². The van der Waals surface area contributed by atoms with Gasteiger partial charge in [-0.1, -0.05) is 23.4 Å². The van der Waals surface area contributed by atoms with E-state index in [4.69, 9.17) is 4.52 Å². The molecule has 1 atom stereocenters. The molecule has 0 bridgehead atoms. The van der Waals surface area contributed by atoms with Crippen LogP contribution in [0.4, 0.5) is 0 Å². The number of amides is 1. The Morgan fingerprint density at radius 2 is 2.14 bits per heavy atom. The average molecular weight is 298 g/mol. The molecule has 1 amide bonds. The highest BCUT2D eigenvalue weighted by Crippen LogP contribution is 2.19. The van der Waals surface area contributed by atoms with E-state index in [1.54, 1.807) is 6.92 Å². The van der Waals surface area contributed by atoms with Gasteiger partial charge in [-0.3, -0.25) is 4.79 Å². The number of fused-ring (bicyclic) bond motifs is 1. The molecule has 2 aromatic heterocycles. The maximum atomic E-state index is 12.3. The van der Waals surface area contributed by atoms with Crippen molar-refractivity contribution >= 4 is 16.8 Å². The SMILES string of the molecule is Cc1noc(C(C)NC(=O)Cn2c(C)cc3ccccc32)n1. The minimum atomic E-state index is -0.309. The van der Waals surface area contributed by atoms with Crippen LogP contribution in [-0.2, 0) is 11.3 Å². The van der Waals surface area contributed by atoms with Gasteiger partial charge in [0.1, 0.15) is 12.6 Å². The molecule has 2 heterocycles. The largest absolute Gasteiger partial charge is 0.343 e. The summed E-state index contributed by atoms with van der Waals surface area (Å²) >= 11 is 0. The van der Waals surface area contributed by atoms with E-state index in [9.17, 15) is 4.79 Å². The van der Waals surface area contributed by atoms with Crippen LogP contribution in [0.5, 0.6) is 0 Å². The zero-order chi connectivity index (χ0) is 15.7. The van der Waals surface area contributed by atoms with Crippen LogP contribution in [-0.4, -0.2) is 20.6 Å². The van der Waals surface area contributed by atoms with Gasteiger partial charge in [0.15, 0.2) is 5.82 Å². The summed E-state index contributed by atoms with van der Waals surface area (Å²) in [6, 6.07) is 9.79. The molecule has 0 aliphatic rings. The maximum absolute atomic E-state index is 12.3. The third kappa shape index (κ3) is 2.72. The van der Waals surface area contributed by atoms with Crippen molar-refractivity contribution in [1.29, 1.82) is 0 Å². The molecule has 0 aliphatic carbocycles. The number of nitrogens with zero attached hydrogens (tertiary/aromatic N) is 3. The molecule has 0 radical (unpaired) electrons. The first-order valence-corrected chi connectivity index (χ1v) is 7.19. The first-order chi connectivity index (χ1) is 10.5. The monoisotopic (exact) mass is 298 g/mol. The lowest BCUT2D eigenvalue weighted by molar-refractivity contribution is -0.122. The molecular formula is C16H18N4O2. The maximum Gasteiger partial charge on any atom is 0.248 e. The summed E-state index contributed by atoms with van der Waals surface area (Å²) in [5.74, 6) is 0.885. The molecule has 0 aliphatic heterocycles. The van der Waals surface area contributed by atoms with Gasteiger partial charge in [-0.05, 0) is 38.3 Å². The minimum Gasteiger partial charge on any atom is -0.343 e. The van der Waals surface area contributed by atoms with Gasteiger partial charge in [-0.15, -0.1) is 0 Å². The zero-order valence-corrected chi connectivity index (χ0v) is 12.8. The van der Waals surface area contributed by atoms with Crippen molar-refractivity contribution in [2.24, 2.45) is 0 Å². The molecule has 1 aromatic carbocycles. The standard InChI is InChI=1S/C16H18N4O2/c1-10-8-13-6-4-5-7-14(13)20(10)9-15(21)17-11(2)16-18-12(3)19-22-16/h4-8,11H,9H2,1-3H3,(H,17,21). The topological polar surface area (TPSA) is 73.0 Å². The lowest BCUT2D eigenvalue weighted by Gasteiger charge is -2.12. The molecule has 3 aromatic rings. The molecule has 0 saturated carbocycles. The summed E-state index contributed by atoms with van der Waals surface area (Å²) in [5, 5.41) is 7.75. The number of aryl methyl sites for hydroxylation is 2. The molecule has 0 spiro atoms. The number of nitrogens with one attached hydrogen (secondary N) is 1. The van der Waals surface area contributed by atoms with Crippen LogP contribution in [0.3, 0.4) is 0 Å². The van der Waals surface area contributed by atoms with Crippen molar-refractivity contribution in [2.75, 3.05) is 0 Å². The second-order valence-electron chi connectivity index (χ2n) is 5.40. The lowest BCUT2D eigenvalue weighted by Crippen LogP contribution is -2.30. The smallest absolute Gasteiger partial charge is 0.248 e. The van der Waals surface area contributed by atoms with Gasteiger partial charge in [-0.2, -0.15) is 4.98 Å². The normalized spacial score (nSPS) is 12.5. The lowest BCUT2D eigenvalue weighted by atomic mass is 10.2. The Morgan fingerprint density at radius 1 is 1.36 bits per heavy atom. The number of aromatic nitrogens is 3. The number of hydrogen-bond acceptors (Lipinski definition) is 4. The van der Waals surface area contributed by atoms with E-state index in [1.165, 1.54) is 0 Å². The predicted octanol–water partition coefficient (Wildman–Crippen LogP) is 2.52. The quantitative estimate of drug-likeness (QED) is 0.803. The van der Waals surface area contributed by atoms with Crippen molar-refractivity contribution in [3.05, 3.63) is 47.7 Å². The predicted molar refractivity (Wildman–Crippen MR) is 82.3 cm³/mol. The Hall–Kier alpha value is -2.63. The third-order valence-corrected chi connectivity index (χ3v) is 3.61. The third-order valence-electron chi connectivity index (χ3n) is 3.61. The Labute approximate surface area is 128 Å². The fraction of sp³-hybridized carbons (Fsp3) is 0.312. The molecule has 6 heteroatoms. The fourth-order valence-electron chi connectivity index (χ4n) is 2.54. The Kier molecular flexibility index (Phi) is 3.66. The first-order valence-electron chi connectivity index (χ1n) is 7.19. The van der Waals surface area contributed by atoms with Crippen molar-refractivity contribution in [2.45, 2.75) is 33.4 Å². The van der Waals surface area contributed by atoms with E-state index in [1.807, 2.05) is 42.7 Å². The number of carbonyl (C=O) groups is 1. The van der Waals surface area contributed by atoms with Gasteiger partial charge >= 0.3 is 0 Å². The van der Waals surface area contributed by atoms with Crippen LogP contribution in [0.15, 0.2) is 34.9 Å². The van der Waals surface area contributed by atoms with Gasteiger partial charge in [0.05, 0.1) is 0 Å². The highest BCUT2D eigenvalue weighted by atomic mass is 16.5. The van der Waals surface area contributed by atoms with Gasteiger partial charge in [-0.25, -0.2) is 0 Å².